The lowest BCUT2D eigenvalue weighted by molar-refractivity contribution is 0.114. The van der Waals surface area contributed by atoms with Crippen LogP contribution in [0.3, 0.4) is 0 Å². The Morgan fingerprint density at radius 1 is 1.57 bits per heavy atom. The quantitative estimate of drug-likeness (QED) is 0.583. The molecule has 0 spiro atoms. The van der Waals surface area contributed by atoms with Crippen molar-refractivity contribution in [3.8, 4) is 0 Å². The van der Waals surface area contributed by atoms with Gasteiger partial charge in [-0.3, -0.25) is 0 Å². The van der Waals surface area contributed by atoms with Crippen LogP contribution >= 0.6 is 0 Å². The number of hydrogen-bond acceptors (Lipinski definition) is 4. The third kappa shape index (κ3) is 3.90. The van der Waals surface area contributed by atoms with Crippen molar-refractivity contribution >= 4 is 16.3 Å². The lowest BCUT2D eigenvalue weighted by Crippen LogP contribution is -2.42. The average molecular weight is 224 g/mol. The van der Waals surface area contributed by atoms with Crippen molar-refractivity contribution in [1.29, 1.82) is 0 Å². The van der Waals surface area contributed by atoms with Crippen LogP contribution in [0.4, 0.5) is 4.79 Å². The van der Waals surface area contributed by atoms with Gasteiger partial charge in [0.1, 0.15) is 0 Å². The van der Waals surface area contributed by atoms with E-state index in [4.69, 9.17) is 9.84 Å². The molecule has 1 heterocycles. The van der Waals surface area contributed by atoms with Crippen molar-refractivity contribution < 1.29 is 23.1 Å². The van der Waals surface area contributed by atoms with Crippen LogP contribution in [0.2, 0.25) is 0 Å². The van der Waals surface area contributed by atoms with E-state index in [1.165, 1.54) is 4.72 Å². The maximum atomic E-state index is 10.9. The summed E-state index contributed by atoms with van der Waals surface area (Å²) in [5.74, 6) is 0. The minimum atomic E-state index is -3.95. The molecule has 0 aliphatic carbocycles. The fourth-order valence-corrected chi connectivity index (χ4v) is 1.87. The van der Waals surface area contributed by atoms with Crippen LogP contribution in [0.5, 0.6) is 0 Å². The Hall–Kier alpha value is -0.860. The van der Waals surface area contributed by atoms with Gasteiger partial charge in [-0.15, -0.1) is 0 Å². The molecule has 0 radical (unpaired) electrons. The van der Waals surface area contributed by atoms with E-state index >= 15 is 0 Å². The van der Waals surface area contributed by atoms with Crippen molar-refractivity contribution in [2.75, 3.05) is 13.2 Å². The minimum absolute atomic E-state index is 0.0998. The average Bonchev–Trinajstić information content (AvgIpc) is 2.50. The van der Waals surface area contributed by atoms with Gasteiger partial charge in [-0.1, -0.05) is 0 Å². The Labute approximate surface area is 81.6 Å². The fraction of sp³-hybridized carbons (Fsp3) is 0.833. The summed E-state index contributed by atoms with van der Waals surface area (Å²) in [7, 11) is -3.95. The number of hydrogen-bond donors (Lipinski definition) is 3. The Balaban J connectivity index is 2.32. The Bertz CT molecular complexity index is 295. The minimum Gasteiger partial charge on any atom is -0.464 e. The largest absolute Gasteiger partial charge is 0.464 e. The molecule has 14 heavy (non-hydrogen) atoms. The van der Waals surface area contributed by atoms with E-state index in [9.17, 15) is 13.2 Å². The highest BCUT2D eigenvalue weighted by Crippen LogP contribution is 2.10. The zero-order valence-corrected chi connectivity index (χ0v) is 8.21. The number of ether oxygens (including phenoxy) is 1. The van der Waals surface area contributed by atoms with Crippen LogP contribution in [-0.4, -0.2) is 38.9 Å². The molecule has 1 saturated heterocycles. The molecule has 0 saturated carbocycles. The van der Waals surface area contributed by atoms with E-state index in [0.717, 1.165) is 12.8 Å². The Morgan fingerprint density at radius 2 is 2.29 bits per heavy atom. The molecule has 1 aliphatic rings. The smallest absolute Gasteiger partial charge is 0.419 e. The van der Waals surface area contributed by atoms with E-state index in [0.29, 0.717) is 6.61 Å². The van der Waals surface area contributed by atoms with Crippen LogP contribution in [0.25, 0.3) is 0 Å². The van der Waals surface area contributed by atoms with Gasteiger partial charge in [0, 0.05) is 13.2 Å². The predicted octanol–water partition coefficient (Wildman–Crippen LogP) is -0.733. The van der Waals surface area contributed by atoms with E-state index < -0.39 is 16.3 Å². The normalized spacial score (nSPS) is 22.1. The zero-order chi connectivity index (χ0) is 10.6. The van der Waals surface area contributed by atoms with Crippen molar-refractivity contribution in [2.24, 2.45) is 0 Å². The number of carboxylic acid groups (broad SMARTS) is 1. The molecular formula is C6H12N2O5S. The maximum Gasteiger partial charge on any atom is 0.419 e. The van der Waals surface area contributed by atoms with Crippen LogP contribution in [0, 0.1) is 0 Å². The number of carbonyl (C=O) groups is 1. The predicted molar refractivity (Wildman–Crippen MR) is 47.1 cm³/mol. The van der Waals surface area contributed by atoms with Gasteiger partial charge in [0.2, 0.25) is 0 Å². The van der Waals surface area contributed by atoms with Crippen molar-refractivity contribution in [2.45, 2.75) is 18.9 Å². The molecule has 0 aromatic carbocycles. The summed E-state index contributed by atoms with van der Waals surface area (Å²) in [5, 5.41) is 8.18. The van der Waals surface area contributed by atoms with E-state index in [1.807, 2.05) is 0 Å². The molecule has 1 atom stereocenters. The summed E-state index contributed by atoms with van der Waals surface area (Å²) >= 11 is 0. The van der Waals surface area contributed by atoms with Gasteiger partial charge < -0.3 is 9.84 Å². The maximum absolute atomic E-state index is 10.9. The molecule has 1 unspecified atom stereocenters. The standard InChI is InChI=1S/C6H12N2O5S/c9-6(10)8-14(11,12)7-4-5-2-1-3-13-5/h5,7-8H,1-4H2,(H,9,10). The van der Waals surface area contributed by atoms with Gasteiger partial charge in [-0.25, -0.2) is 9.52 Å². The Kier molecular flexibility index (Phi) is 3.67. The van der Waals surface area contributed by atoms with E-state index in [1.54, 1.807) is 0 Å². The molecular weight excluding hydrogens is 212 g/mol. The molecule has 82 valence electrons. The highest BCUT2D eigenvalue weighted by molar-refractivity contribution is 7.88. The molecule has 1 fully saturated rings. The van der Waals surface area contributed by atoms with Gasteiger partial charge in [0.05, 0.1) is 6.10 Å². The van der Waals surface area contributed by atoms with Crippen molar-refractivity contribution in [1.82, 2.24) is 9.44 Å². The van der Waals surface area contributed by atoms with Crippen LogP contribution in [0.15, 0.2) is 0 Å². The molecule has 0 bridgehead atoms. The summed E-state index contributed by atoms with van der Waals surface area (Å²) in [5.41, 5.74) is 0. The molecule has 8 heteroatoms. The summed E-state index contributed by atoms with van der Waals surface area (Å²) in [6.07, 6.45) is -0.0702. The Morgan fingerprint density at radius 3 is 2.79 bits per heavy atom. The van der Waals surface area contributed by atoms with Gasteiger partial charge in [-0.2, -0.15) is 13.1 Å². The van der Waals surface area contributed by atoms with Crippen LogP contribution < -0.4 is 9.44 Å². The molecule has 0 aromatic heterocycles. The molecule has 3 N–H and O–H groups in total. The number of rotatable bonds is 4. The molecule has 1 rings (SSSR count). The zero-order valence-electron chi connectivity index (χ0n) is 7.39. The first kappa shape index (κ1) is 11.2. The lowest BCUT2D eigenvalue weighted by atomic mass is 10.2. The van der Waals surface area contributed by atoms with Crippen molar-refractivity contribution in [3.63, 3.8) is 0 Å². The second-order valence-corrected chi connectivity index (χ2v) is 4.39. The summed E-state index contributed by atoms with van der Waals surface area (Å²) in [6, 6.07) is 0. The summed E-state index contributed by atoms with van der Waals surface area (Å²) in [4.78, 5) is 10.0. The summed E-state index contributed by atoms with van der Waals surface area (Å²) in [6.45, 7) is 0.724. The van der Waals surface area contributed by atoms with Crippen molar-refractivity contribution in [3.05, 3.63) is 0 Å². The lowest BCUT2D eigenvalue weighted by Gasteiger charge is -2.10. The second kappa shape index (κ2) is 4.58. The fourth-order valence-electron chi connectivity index (χ4n) is 1.16. The first-order chi connectivity index (χ1) is 6.49. The number of nitrogens with one attached hydrogen (secondary N) is 2. The second-order valence-electron chi connectivity index (χ2n) is 2.89. The molecule has 0 aromatic rings. The molecule has 1 amide bonds. The SMILES string of the molecule is O=C(O)NS(=O)(=O)NCC1CCCO1. The van der Waals surface area contributed by atoms with Crippen LogP contribution in [-0.2, 0) is 14.9 Å². The number of amides is 1. The van der Waals surface area contributed by atoms with Crippen LogP contribution in [0.1, 0.15) is 12.8 Å². The van der Waals surface area contributed by atoms with Gasteiger partial charge in [0.25, 0.3) is 0 Å². The topological polar surface area (TPSA) is 105 Å². The summed E-state index contributed by atoms with van der Waals surface area (Å²) < 4.78 is 30.5. The van der Waals surface area contributed by atoms with Gasteiger partial charge in [-0.05, 0) is 12.8 Å². The first-order valence-electron chi connectivity index (χ1n) is 4.11. The third-order valence-corrected chi connectivity index (χ3v) is 2.74. The molecule has 1 aliphatic heterocycles. The van der Waals surface area contributed by atoms with Gasteiger partial charge >= 0.3 is 16.3 Å². The highest BCUT2D eigenvalue weighted by atomic mass is 32.2. The molecule has 7 nitrogen and oxygen atoms in total. The third-order valence-electron chi connectivity index (χ3n) is 1.75. The van der Waals surface area contributed by atoms with E-state index in [-0.39, 0.29) is 12.6 Å². The highest BCUT2D eigenvalue weighted by Gasteiger charge is 2.19. The monoisotopic (exact) mass is 224 g/mol. The first-order valence-corrected chi connectivity index (χ1v) is 5.60. The van der Waals surface area contributed by atoms with Gasteiger partial charge in [0.15, 0.2) is 0 Å². The van der Waals surface area contributed by atoms with E-state index in [2.05, 4.69) is 4.72 Å².